The van der Waals surface area contributed by atoms with Gasteiger partial charge in [0.05, 0.1) is 6.54 Å². The number of carbonyl (C=O) groups excluding carboxylic acids is 1. The molecule has 16 heavy (non-hydrogen) atoms. The van der Waals surface area contributed by atoms with Gasteiger partial charge >= 0.3 is 0 Å². The summed E-state index contributed by atoms with van der Waals surface area (Å²) in [7, 11) is 0. The molecule has 0 aromatic heterocycles. The van der Waals surface area contributed by atoms with Gasteiger partial charge in [-0.05, 0) is 37.6 Å². The molecule has 4 heteroatoms. The second-order valence-electron chi connectivity index (χ2n) is 3.69. The maximum absolute atomic E-state index is 11.6. The fourth-order valence-corrected chi connectivity index (χ4v) is 1.77. The lowest BCUT2D eigenvalue weighted by Crippen LogP contribution is -2.28. The number of halogens is 1. The molecule has 1 aromatic rings. The van der Waals surface area contributed by atoms with Gasteiger partial charge in [-0.25, -0.2) is 0 Å². The molecule has 1 rings (SSSR count). The molecule has 0 saturated heterocycles. The Labute approximate surface area is 105 Å². The fraction of sp³-hybridized carbons (Fsp3) is 0.417. The third-order valence-electron chi connectivity index (χ3n) is 2.41. The van der Waals surface area contributed by atoms with E-state index in [9.17, 15) is 4.79 Å². The van der Waals surface area contributed by atoms with Gasteiger partial charge in [-0.15, -0.1) is 0 Å². The topological polar surface area (TPSA) is 41.1 Å². The van der Waals surface area contributed by atoms with Gasteiger partial charge in [0, 0.05) is 10.2 Å². The van der Waals surface area contributed by atoms with Crippen LogP contribution in [0.2, 0.25) is 0 Å². The van der Waals surface area contributed by atoms with Crippen LogP contribution in [0.3, 0.4) is 0 Å². The normalized spacial score (nSPS) is 10.2. The molecule has 0 aliphatic rings. The summed E-state index contributed by atoms with van der Waals surface area (Å²) >= 11 is 3.46. The average molecular weight is 285 g/mol. The predicted octanol–water partition coefficient (Wildman–Crippen LogP) is 2.61. The number of benzene rings is 1. The highest BCUT2D eigenvalue weighted by atomic mass is 79.9. The Morgan fingerprint density at radius 1 is 1.38 bits per heavy atom. The molecule has 0 bridgehead atoms. The molecule has 0 aliphatic carbocycles. The minimum Gasteiger partial charge on any atom is -0.324 e. The van der Waals surface area contributed by atoms with E-state index in [1.54, 1.807) is 0 Å². The molecule has 2 N–H and O–H groups in total. The standard InChI is InChI=1S/C12H17BrN2O/c1-4-14-7-11(16)15-12-8(2)5-6-10(13)9(12)3/h5-6,14H,4,7H2,1-3H3,(H,15,16). The summed E-state index contributed by atoms with van der Waals surface area (Å²) < 4.78 is 1.01. The highest BCUT2D eigenvalue weighted by molar-refractivity contribution is 9.10. The molecule has 0 fully saturated rings. The number of rotatable bonds is 4. The van der Waals surface area contributed by atoms with Gasteiger partial charge in [0.25, 0.3) is 0 Å². The van der Waals surface area contributed by atoms with Crippen LogP contribution in [-0.4, -0.2) is 19.0 Å². The summed E-state index contributed by atoms with van der Waals surface area (Å²) in [5.74, 6) is -0.00819. The van der Waals surface area contributed by atoms with Crippen molar-refractivity contribution in [3.8, 4) is 0 Å². The third-order valence-corrected chi connectivity index (χ3v) is 3.27. The minimum absolute atomic E-state index is 0.00819. The Kier molecular flexibility index (Phi) is 4.96. The first-order valence-corrected chi connectivity index (χ1v) is 6.11. The van der Waals surface area contributed by atoms with E-state index in [-0.39, 0.29) is 5.91 Å². The Morgan fingerprint density at radius 3 is 2.69 bits per heavy atom. The van der Waals surface area contributed by atoms with Crippen LogP contribution in [0.4, 0.5) is 5.69 Å². The molecular weight excluding hydrogens is 268 g/mol. The van der Waals surface area contributed by atoms with E-state index >= 15 is 0 Å². The predicted molar refractivity (Wildman–Crippen MR) is 70.8 cm³/mol. The molecule has 0 saturated carbocycles. The van der Waals surface area contributed by atoms with E-state index < -0.39 is 0 Å². The third kappa shape index (κ3) is 3.32. The number of hydrogen-bond donors (Lipinski definition) is 2. The molecule has 88 valence electrons. The molecule has 0 unspecified atom stereocenters. The van der Waals surface area contributed by atoms with Gasteiger partial charge in [0.15, 0.2) is 0 Å². The minimum atomic E-state index is -0.00819. The number of hydrogen-bond acceptors (Lipinski definition) is 2. The van der Waals surface area contributed by atoms with Gasteiger partial charge in [0.2, 0.25) is 5.91 Å². The summed E-state index contributed by atoms with van der Waals surface area (Å²) in [5.41, 5.74) is 3.03. The number of nitrogens with one attached hydrogen (secondary N) is 2. The van der Waals surface area contributed by atoms with E-state index in [0.717, 1.165) is 27.8 Å². The van der Waals surface area contributed by atoms with Crippen LogP contribution in [0.1, 0.15) is 18.1 Å². The van der Waals surface area contributed by atoms with Crippen molar-refractivity contribution in [1.82, 2.24) is 5.32 Å². The summed E-state index contributed by atoms with van der Waals surface area (Å²) in [6.45, 7) is 7.09. The van der Waals surface area contributed by atoms with Crippen molar-refractivity contribution in [1.29, 1.82) is 0 Å². The summed E-state index contributed by atoms with van der Waals surface area (Å²) in [6, 6.07) is 3.98. The molecular formula is C12H17BrN2O. The van der Waals surface area contributed by atoms with Crippen LogP contribution in [0, 0.1) is 13.8 Å². The van der Waals surface area contributed by atoms with Gasteiger partial charge in [0.1, 0.15) is 0 Å². The van der Waals surface area contributed by atoms with Crippen molar-refractivity contribution in [2.75, 3.05) is 18.4 Å². The molecule has 0 aliphatic heterocycles. The highest BCUT2D eigenvalue weighted by Crippen LogP contribution is 2.27. The van der Waals surface area contributed by atoms with Crippen molar-refractivity contribution >= 4 is 27.5 Å². The van der Waals surface area contributed by atoms with Crippen LogP contribution in [0.5, 0.6) is 0 Å². The largest absolute Gasteiger partial charge is 0.324 e. The number of amides is 1. The Hall–Kier alpha value is -0.870. The monoisotopic (exact) mass is 284 g/mol. The molecule has 0 radical (unpaired) electrons. The zero-order chi connectivity index (χ0) is 12.1. The quantitative estimate of drug-likeness (QED) is 0.893. The van der Waals surface area contributed by atoms with Crippen molar-refractivity contribution in [3.05, 3.63) is 27.7 Å². The lowest BCUT2D eigenvalue weighted by Gasteiger charge is -2.13. The average Bonchev–Trinajstić information content (AvgIpc) is 2.27. The van der Waals surface area contributed by atoms with Crippen molar-refractivity contribution in [3.63, 3.8) is 0 Å². The Balaban J connectivity index is 2.80. The van der Waals surface area contributed by atoms with Gasteiger partial charge < -0.3 is 10.6 Å². The van der Waals surface area contributed by atoms with Crippen molar-refractivity contribution in [2.45, 2.75) is 20.8 Å². The number of aryl methyl sites for hydroxylation is 1. The van der Waals surface area contributed by atoms with Crippen molar-refractivity contribution < 1.29 is 4.79 Å². The lowest BCUT2D eigenvalue weighted by atomic mass is 10.1. The number of likely N-dealkylation sites (N-methyl/N-ethyl adjacent to an activating group) is 1. The molecule has 0 atom stereocenters. The SMILES string of the molecule is CCNCC(=O)Nc1c(C)ccc(Br)c1C. The highest BCUT2D eigenvalue weighted by Gasteiger charge is 2.08. The van der Waals surface area contributed by atoms with Gasteiger partial charge in [-0.1, -0.05) is 28.9 Å². The van der Waals surface area contributed by atoms with Gasteiger partial charge in [-0.3, -0.25) is 4.79 Å². The zero-order valence-corrected chi connectivity index (χ0v) is 11.4. The second kappa shape index (κ2) is 6.01. The Morgan fingerprint density at radius 2 is 2.06 bits per heavy atom. The first kappa shape index (κ1) is 13.2. The van der Waals surface area contributed by atoms with Gasteiger partial charge in [-0.2, -0.15) is 0 Å². The summed E-state index contributed by atoms with van der Waals surface area (Å²) in [4.78, 5) is 11.6. The fourth-order valence-electron chi connectivity index (χ4n) is 1.44. The van der Waals surface area contributed by atoms with E-state index in [0.29, 0.717) is 6.54 Å². The molecule has 1 aromatic carbocycles. The van der Waals surface area contributed by atoms with Crippen molar-refractivity contribution in [2.24, 2.45) is 0 Å². The van der Waals surface area contributed by atoms with E-state index in [1.807, 2.05) is 32.9 Å². The lowest BCUT2D eigenvalue weighted by molar-refractivity contribution is -0.115. The van der Waals surface area contributed by atoms with E-state index in [2.05, 4.69) is 26.6 Å². The van der Waals surface area contributed by atoms with E-state index in [1.165, 1.54) is 0 Å². The zero-order valence-electron chi connectivity index (χ0n) is 9.86. The summed E-state index contributed by atoms with van der Waals surface area (Å²) in [6.07, 6.45) is 0. The van der Waals surface area contributed by atoms with E-state index in [4.69, 9.17) is 0 Å². The molecule has 3 nitrogen and oxygen atoms in total. The first-order valence-electron chi connectivity index (χ1n) is 5.32. The number of anilines is 1. The molecule has 0 heterocycles. The smallest absolute Gasteiger partial charge is 0.238 e. The number of carbonyl (C=O) groups is 1. The van der Waals surface area contributed by atoms with Crippen LogP contribution >= 0.6 is 15.9 Å². The van der Waals surface area contributed by atoms with Crippen LogP contribution in [0.15, 0.2) is 16.6 Å². The van der Waals surface area contributed by atoms with Crippen LogP contribution in [0.25, 0.3) is 0 Å². The van der Waals surface area contributed by atoms with Crippen LogP contribution in [-0.2, 0) is 4.79 Å². The van der Waals surface area contributed by atoms with Crippen LogP contribution < -0.4 is 10.6 Å². The first-order chi connectivity index (χ1) is 7.56. The molecule has 1 amide bonds. The maximum Gasteiger partial charge on any atom is 0.238 e. The molecule has 0 spiro atoms. The Bertz CT molecular complexity index is 391. The second-order valence-corrected chi connectivity index (χ2v) is 4.55. The maximum atomic E-state index is 11.6. The summed E-state index contributed by atoms with van der Waals surface area (Å²) in [5, 5.41) is 5.92.